The topological polar surface area (TPSA) is 46.9 Å². The van der Waals surface area contributed by atoms with Gasteiger partial charge in [0, 0.05) is 22.5 Å². The summed E-state index contributed by atoms with van der Waals surface area (Å²) in [6.45, 7) is 0.405. The van der Waals surface area contributed by atoms with Crippen molar-refractivity contribution in [2.24, 2.45) is 0 Å². The van der Waals surface area contributed by atoms with E-state index in [2.05, 4.69) is 10.4 Å². The number of hydrogen-bond acceptors (Lipinski definition) is 2. The highest BCUT2D eigenvalue weighted by molar-refractivity contribution is 6.31. The molecule has 6 heteroatoms. The molecule has 1 amide bonds. The fourth-order valence-electron chi connectivity index (χ4n) is 3.08. The van der Waals surface area contributed by atoms with E-state index in [1.165, 1.54) is 12.1 Å². The molecule has 0 atom stereocenters. The van der Waals surface area contributed by atoms with Gasteiger partial charge in [-0.2, -0.15) is 5.10 Å². The summed E-state index contributed by atoms with van der Waals surface area (Å²) in [4.78, 5) is 12.4. The van der Waals surface area contributed by atoms with Crippen molar-refractivity contribution < 1.29 is 9.18 Å². The minimum Gasteiger partial charge on any atom is -0.350 e. The third-order valence-corrected chi connectivity index (χ3v) is 4.69. The molecular weight excluding hydrogens is 377 g/mol. The number of benzene rings is 3. The Hall–Kier alpha value is -3.18. The Bertz CT molecular complexity index is 1120. The quantitative estimate of drug-likeness (QED) is 0.528. The maximum Gasteiger partial charge on any atom is 0.242 e. The summed E-state index contributed by atoms with van der Waals surface area (Å²) < 4.78 is 14.7. The lowest BCUT2D eigenvalue weighted by Crippen LogP contribution is -2.27. The summed E-state index contributed by atoms with van der Waals surface area (Å²) in [5.74, 6) is -0.478. The summed E-state index contributed by atoms with van der Waals surface area (Å²) in [5, 5.41) is 9.01. The van der Waals surface area contributed by atoms with Gasteiger partial charge in [-0.25, -0.2) is 4.39 Å². The first-order valence-electron chi connectivity index (χ1n) is 8.83. The zero-order chi connectivity index (χ0) is 19.5. The smallest absolute Gasteiger partial charge is 0.242 e. The Labute approximate surface area is 166 Å². The van der Waals surface area contributed by atoms with Crippen molar-refractivity contribution in [2.75, 3.05) is 0 Å². The van der Waals surface area contributed by atoms with Crippen LogP contribution in [0.3, 0.4) is 0 Å². The monoisotopic (exact) mass is 393 g/mol. The second-order valence-electron chi connectivity index (χ2n) is 6.44. The number of fused-ring (bicyclic) bond motifs is 1. The number of rotatable bonds is 5. The lowest BCUT2D eigenvalue weighted by Gasteiger charge is -2.06. The summed E-state index contributed by atoms with van der Waals surface area (Å²) in [6.07, 6.45) is 0. The van der Waals surface area contributed by atoms with Crippen molar-refractivity contribution in [1.29, 1.82) is 0 Å². The van der Waals surface area contributed by atoms with Gasteiger partial charge < -0.3 is 5.32 Å². The molecule has 4 aromatic rings. The minimum absolute atomic E-state index is 0.0756. The highest BCUT2D eigenvalue weighted by Gasteiger charge is 2.15. The Balaban J connectivity index is 1.58. The van der Waals surface area contributed by atoms with E-state index in [0.29, 0.717) is 11.6 Å². The molecule has 0 radical (unpaired) electrons. The highest BCUT2D eigenvalue weighted by atomic mass is 35.5. The van der Waals surface area contributed by atoms with E-state index in [1.54, 1.807) is 22.9 Å². The van der Waals surface area contributed by atoms with Gasteiger partial charge >= 0.3 is 0 Å². The largest absolute Gasteiger partial charge is 0.350 e. The highest BCUT2D eigenvalue weighted by Crippen LogP contribution is 2.30. The lowest BCUT2D eigenvalue weighted by atomic mass is 10.1. The third-order valence-electron chi connectivity index (χ3n) is 4.46. The first kappa shape index (κ1) is 18.2. The van der Waals surface area contributed by atoms with Crippen LogP contribution >= 0.6 is 11.6 Å². The number of hydrogen-bond donors (Lipinski definition) is 1. The van der Waals surface area contributed by atoms with Crippen molar-refractivity contribution in [1.82, 2.24) is 15.1 Å². The lowest BCUT2D eigenvalue weighted by molar-refractivity contribution is -0.121. The van der Waals surface area contributed by atoms with E-state index < -0.39 is 0 Å². The Morgan fingerprint density at radius 2 is 1.79 bits per heavy atom. The summed E-state index contributed by atoms with van der Waals surface area (Å²) >= 11 is 6.18. The number of carbonyl (C=O) groups is 1. The van der Waals surface area contributed by atoms with Crippen LogP contribution in [0, 0.1) is 5.82 Å². The number of halogens is 2. The third kappa shape index (κ3) is 3.89. The number of amides is 1. The molecule has 1 aromatic heterocycles. The van der Waals surface area contributed by atoms with Gasteiger partial charge in [0.1, 0.15) is 18.1 Å². The normalized spacial score (nSPS) is 10.9. The molecule has 28 heavy (non-hydrogen) atoms. The maximum atomic E-state index is 13.0. The maximum absolute atomic E-state index is 13.0. The van der Waals surface area contributed by atoms with Crippen LogP contribution in [0.25, 0.3) is 22.2 Å². The average molecular weight is 394 g/mol. The zero-order valence-electron chi connectivity index (χ0n) is 14.9. The second kappa shape index (κ2) is 7.82. The fourth-order valence-corrected chi connectivity index (χ4v) is 3.25. The van der Waals surface area contributed by atoms with Gasteiger partial charge in [-0.05, 0) is 35.9 Å². The average Bonchev–Trinajstić information content (AvgIpc) is 3.05. The van der Waals surface area contributed by atoms with Crippen LogP contribution in [-0.4, -0.2) is 15.7 Å². The van der Waals surface area contributed by atoms with Crippen LogP contribution in [0.5, 0.6) is 0 Å². The minimum atomic E-state index is -0.301. The molecule has 4 nitrogen and oxygen atoms in total. The van der Waals surface area contributed by atoms with Gasteiger partial charge in [-0.3, -0.25) is 9.48 Å². The van der Waals surface area contributed by atoms with E-state index in [0.717, 1.165) is 27.7 Å². The molecule has 4 rings (SSSR count). The van der Waals surface area contributed by atoms with Crippen molar-refractivity contribution >= 4 is 28.4 Å². The first-order chi connectivity index (χ1) is 13.6. The summed E-state index contributed by atoms with van der Waals surface area (Å²) in [7, 11) is 0. The molecule has 0 unspecified atom stereocenters. The standard InChI is InChI=1S/C22H17ClFN3O/c23-17-8-11-20-19(12-17)22(16-4-2-1-3-5-16)26-27(20)14-21(28)25-13-15-6-9-18(24)10-7-15/h1-12H,13-14H2,(H,25,28). The Morgan fingerprint density at radius 1 is 1.04 bits per heavy atom. The van der Waals surface area contributed by atoms with Crippen LogP contribution < -0.4 is 5.32 Å². The molecule has 1 heterocycles. The van der Waals surface area contributed by atoms with Crippen LogP contribution in [0.4, 0.5) is 4.39 Å². The predicted molar refractivity (Wildman–Crippen MR) is 108 cm³/mol. The van der Waals surface area contributed by atoms with Crippen molar-refractivity contribution in [3.8, 4) is 11.3 Å². The molecule has 0 aliphatic heterocycles. The molecule has 0 bridgehead atoms. The van der Waals surface area contributed by atoms with E-state index in [9.17, 15) is 9.18 Å². The molecule has 0 saturated carbocycles. The van der Waals surface area contributed by atoms with Gasteiger partial charge in [0.2, 0.25) is 5.91 Å². The van der Waals surface area contributed by atoms with Crippen molar-refractivity contribution in [3.63, 3.8) is 0 Å². The van der Waals surface area contributed by atoms with Gasteiger partial charge in [0.15, 0.2) is 0 Å². The molecule has 0 fully saturated rings. The summed E-state index contributed by atoms with van der Waals surface area (Å²) in [5.41, 5.74) is 3.40. The number of carbonyl (C=O) groups excluding carboxylic acids is 1. The molecule has 0 aliphatic carbocycles. The first-order valence-corrected chi connectivity index (χ1v) is 9.20. The molecule has 3 aromatic carbocycles. The molecule has 0 spiro atoms. The number of aromatic nitrogens is 2. The van der Waals surface area contributed by atoms with Crippen LogP contribution in [-0.2, 0) is 17.9 Å². The van der Waals surface area contributed by atoms with Gasteiger partial charge in [-0.15, -0.1) is 0 Å². The summed E-state index contributed by atoms with van der Waals surface area (Å²) in [6, 6.07) is 21.3. The van der Waals surface area contributed by atoms with E-state index in [-0.39, 0.29) is 18.3 Å². The van der Waals surface area contributed by atoms with Crippen LogP contribution in [0.1, 0.15) is 5.56 Å². The van der Waals surface area contributed by atoms with Gasteiger partial charge in [0.05, 0.1) is 5.52 Å². The van der Waals surface area contributed by atoms with E-state index >= 15 is 0 Å². The van der Waals surface area contributed by atoms with Gasteiger partial charge in [-0.1, -0.05) is 54.1 Å². The number of nitrogens with zero attached hydrogens (tertiary/aromatic N) is 2. The van der Waals surface area contributed by atoms with E-state index in [1.807, 2.05) is 42.5 Å². The molecular formula is C22H17ClFN3O. The fraction of sp³-hybridized carbons (Fsp3) is 0.0909. The SMILES string of the molecule is O=C(Cn1nc(-c2ccccc2)c2cc(Cl)ccc21)NCc1ccc(F)cc1. The predicted octanol–water partition coefficient (Wildman–Crippen LogP) is 4.81. The molecule has 1 N–H and O–H groups in total. The van der Waals surface area contributed by atoms with Crippen molar-refractivity contribution in [2.45, 2.75) is 13.1 Å². The van der Waals surface area contributed by atoms with Crippen molar-refractivity contribution in [3.05, 3.63) is 89.2 Å². The van der Waals surface area contributed by atoms with Crippen LogP contribution in [0.15, 0.2) is 72.8 Å². The molecule has 0 saturated heterocycles. The van der Waals surface area contributed by atoms with Gasteiger partial charge in [0.25, 0.3) is 0 Å². The van der Waals surface area contributed by atoms with Crippen LogP contribution in [0.2, 0.25) is 5.02 Å². The molecule has 140 valence electrons. The Kier molecular flexibility index (Phi) is 5.08. The second-order valence-corrected chi connectivity index (χ2v) is 6.87. The Morgan fingerprint density at radius 3 is 2.54 bits per heavy atom. The number of nitrogens with one attached hydrogen (secondary N) is 1. The van der Waals surface area contributed by atoms with E-state index in [4.69, 9.17) is 11.6 Å². The molecule has 0 aliphatic rings. The zero-order valence-corrected chi connectivity index (χ0v) is 15.7.